The smallest absolute Gasteiger partial charge is 0.333 e. The van der Waals surface area contributed by atoms with E-state index < -0.39 is 59.1 Å². The first kappa shape index (κ1) is 27.4. The molecule has 0 aliphatic rings. The molecular weight excluding hydrogens is 441 g/mol. The first-order valence-corrected chi connectivity index (χ1v) is 23.9. The first-order valence-electron chi connectivity index (χ1n) is 9.68. The molecule has 0 radical (unpaired) electrons. The molecule has 0 fully saturated rings. The number of hydrogen-bond acceptors (Lipinski definition) is 5. The van der Waals surface area contributed by atoms with Gasteiger partial charge in [0.25, 0.3) is 0 Å². The summed E-state index contributed by atoms with van der Waals surface area (Å²) in [6.07, 6.45) is 0. The normalized spacial score (nSPS) is 17.9. The molecule has 1 atom stereocenters. The molecule has 0 saturated heterocycles. The van der Waals surface area contributed by atoms with Crippen molar-refractivity contribution in [3.63, 3.8) is 0 Å². The zero-order valence-corrected chi connectivity index (χ0v) is 26.7. The van der Waals surface area contributed by atoms with Crippen LogP contribution in [0.15, 0.2) is 12.2 Å². The van der Waals surface area contributed by atoms with Crippen LogP contribution in [0.2, 0.25) is 64.5 Å². The molecule has 0 N–H and O–H groups in total. The van der Waals surface area contributed by atoms with E-state index in [1.807, 2.05) is 0 Å². The van der Waals surface area contributed by atoms with Crippen LogP contribution in [0.1, 0.15) is 13.8 Å². The van der Waals surface area contributed by atoms with Gasteiger partial charge in [0.15, 0.2) is 54.2 Å². The summed E-state index contributed by atoms with van der Waals surface area (Å²) in [6.45, 7) is 27.4. The van der Waals surface area contributed by atoms with Crippen molar-refractivity contribution in [2.75, 3.05) is 0 Å². The Balaban J connectivity index is 5.78. The van der Waals surface area contributed by atoms with E-state index in [0.717, 1.165) is 0 Å². The third kappa shape index (κ3) is 12.5. The summed E-state index contributed by atoms with van der Waals surface area (Å²) in [5, 5.41) is 0. The molecule has 0 amide bonds. The number of carbonyl (C=O) groups excluding carboxylic acids is 1. The number of ether oxygens (including phenoxy) is 1. The summed E-state index contributed by atoms with van der Waals surface area (Å²) in [7, 11) is -8.18. The van der Waals surface area contributed by atoms with Crippen LogP contribution in [0.25, 0.3) is 0 Å². The highest BCUT2D eigenvalue weighted by Crippen LogP contribution is 2.29. The van der Waals surface area contributed by atoms with E-state index in [2.05, 4.69) is 72.4 Å². The summed E-state index contributed by atoms with van der Waals surface area (Å²) in [5.74, 6) is -0.317. The molecule has 0 aliphatic heterocycles. The second kappa shape index (κ2) is 10.4. The van der Waals surface area contributed by atoms with Crippen molar-refractivity contribution >= 4 is 60.2 Å². The topological polar surface area (TPSA) is 54.0 Å². The van der Waals surface area contributed by atoms with Gasteiger partial charge in [0.1, 0.15) is 4.85 Å². The number of esters is 1. The van der Waals surface area contributed by atoms with Crippen LogP contribution in [-0.2, 0) is 21.9 Å². The number of rotatable bonds is 12. The van der Waals surface area contributed by atoms with Crippen molar-refractivity contribution in [3.8, 4) is 0 Å². The van der Waals surface area contributed by atoms with Gasteiger partial charge >= 0.3 is 5.97 Å². The molecule has 0 aromatic carbocycles. The molecule has 0 aromatic heterocycles. The van der Waals surface area contributed by atoms with Gasteiger partial charge in [-0.05, 0) is 65.8 Å². The van der Waals surface area contributed by atoms with E-state index in [9.17, 15) is 4.79 Å². The zero-order chi connectivity index (χ0) is 21.7. The molecule has 0 aliphatic carbocycles. The minimum atomic E-state index is -1.72. The van der Waals surface area contributed by atoms with Gasteiger partial charge in [-0.25, -0.2) is 4.79 Å². The lowest BCUT2D eigenvalue weighted by Crippen LogP contribution is -2.57. The van der Waals surface area contributed by atoms with Gasteiger partial charge in [0.2, 0.25) is 0 Å². The quantitative estimate of drug-likeness (QED) is 0.243. The third-order valence-electron chi connectivity index (χ3n) is 3.81. The highest BCUT2D eigenvalue weighted by molar-refractivity contribution is 6.79. The summed E-state index contributed by atoms with van der Waals surface area (Å²) in [6, 6.07) is 0. The molecule has 0 heterocycles. The predicted octanol–water partition coefficient (Wildman–Crippen LogP) is 2.37. The zero-order valence-electron chi connectivity index (χ0n) is 19.4. The lowest BCUT2D eigenvalue weighted by molar-refractivity contribution is -0.144. The van der Waals surface area contributed by atoms with E-state index in [1.54, 1.807) is 6.92 Å². The Morgan fingerprint density at radius 3 is 1.52 bits per heavy atom. The van der Waals surface area contributed by atoms with E-state index in [4.69, 9.17) is 17.1 Å². The van der Waals surface area contributed by atoms with Gasteiger partial charge in [-0.3, -0.25) is 0 Å². The second-order valence-electron chi connectivity index (χ2n) is 10.4. The highest BCUT2D eigenvalue weighted by atomic mass is 28.4. The average Bonchev–Trinajstić information content (AvgIpc) is 2.45. The minimum Gasteiger partial charge on any atom is -0.460 e. The lowest BCUT2D eigenvalue weighted by atomic mass is 10.3. The molecule has 0 bridgehead atoms. The monoisotopic (exact) mass is 482 g/mol. The second-order valence-corrected chi connectivity index (χ2v) is 32.0. The minimum absolute atomic E-state index is 0.193. The number of hydrogen-bond donors (Lipinski definition) is 0. The Morgan fingerprint density at radius 2 is 1.22 bits per heavy atom. The molecule has 5 nitrogen and oxygen atoms in total. The van der Waals surface area contributed by atoms with Gasteiger partial charge in [0.05, 0.1) is 0 Å². The maximum absolute atomic E-state index is 12.5. The molecule has 0 saturated carbocycles. The van der Waals surface area contributed by atoms with Gasteiger partial charge in [-0.15, -0.1) is 0 Å². The standard InChI is InChI=1S/C16H42O5Si6/c1-13(2)15(17)18-16(23-20-26(7,8)9,24-21-27(10,11)12)14(3)22-19-25(4,5)6/h14H,1,22-24H2,2-12H3. The van der Waals surface area contributed by atoms with Crippen molar-refractivity contribution < 1.29 is 21.9 Å². The number of carbonyl (C=O) groups is 1. The van der Waals surface area contributed by atoms with Crippen LogP contribution in [0.3, 0.4) is 0 Å². The van der Waals surface area contributed by atoms with E-state index in [0.29, 0.717) is 5.57 Å². The summed E-state index contributed by atoms with van der Waals surface area (Å²) >= 11 is 0. The molecule has 0 rings (SSSR count). The Hall–Kier alpha value is 0.391. The van der Waals surface area contributed by atoms with E-state index in [-0.39, 0.29) is 11.5 Å². The summed E-state index contributed by atoms with van der Waals surface area (Å²) in [5.41, 5.74) is 0.627. The molecule has 160 valence electrons. The van der Waals surface area contributed by atoms with Crippen molar-refractivity contribution in [1.29, 1.82) is 0 Å². The maximum Gasteiger partial charge on any atom is 0.333 e. The lowest BCUT2D eigenvalue weighted by Gasteiger charge is -2.41. The van der Waals surface area contributed by atoms with Crippen LogP contribution >= 0.6 is 0 Å². The van der Waals surface area contributed by atoms with Gasteiger partial charge in [-0.2, -0.15) is 0 Å². The molecular formula is C16H42O5Si6. The summed E-state index contributed by atoms with van der Waals surface area (Å²) < 4.78 is 25.3. The fourth-order valence-corrected chi connectivity index (χ4v) is 15.3. The molecule has 1 unspecified atom stereocenters. The third-order valence-corrected chi connectivity index (χ3v) is 22.3. The molecule has 0 aromatic rings. The Kier molecular flexibility index (Phi) is 10.6. The van der Waals surface area contributed by atoms with Crippen LogP contribution in [0.5, 0.6) is 0 Å². The van der Waals surface area contributed by atoms with Crippen molar-refractivity contribution in [1.82, 2.24) is 0 Å². The van der Waals surface area contributed by atoms with Gasteiger partial charge < -0.3 is 17.1 Å². The maximum atomic E-state index is 12.5. The predicted molar refractivity (Wildman–Crippen MR) is 132 cm³/mol. The van der Waals surface area contributed by atoms with E-state index in [1.165, 1.54) is 0 Å². The Labute approximate surface area is 177 Å². The van der Waals surface area contributed by atoms with Gasteiger partial charge in [0, 0.05) is 11.1 Å². The van der Waals surface area contributed by atoms with Crippen molar-refractivity contribution in [2.45, 2.75) is 83.2 Å². The largest absolute Gasteiger partial charge is 0.460 e. The SMILES string of the molecule is C=C(C)C(=O)OC([SiH2]O[Si](C)(C)C)([SiH2]O[Si](C)(C)C)C(C)[SiH2]O[Si](C)(C)C. The van der Waals surface area contributed by atoms with E-state index >= 15 is 0 Å². The van der Waals surface area contributed by atoms with Crippen LogP contribution in [-0.4, -0.2) is 65.1 Å². The first-order chi connectivity index (χ1) is 11.9. The van der Waals surface area contributed by atoms with Gasteiger partial charge in [-0.1, -0.05) is 13.5 Å². The van der Waals surface area contributed by atoms with Crippen molar-refractivity contribution in [2.24, 2.45) is 0 Å². The Morgan fingerprint density at radius 1 is 0.852 bits per heavy atom. The van der Waals surface area contributed by atoms with Crippen LogP contribution in [0.4, 0.5) is 0 Å². The highest BCUT2D eigenvalue weighted by Gasteiger charge is 2.45. The molecule has 0 spiro atoms. The molecule has 27 heavy (non-hydrogen) atoms. The fraction of sp³-hybridized carbons (Fsp3) is 0.812. The van der Waals surface area contributed by atoms with Crippen LogP contribution in [0, 0.1) is 0 Å². The van der Waals surface area contributed by atoms with Crippen LogP contribution < -0.4 is 0 Å². The van der Waals surface area contributed by atoms with Crippen molar-refractivity contribution in [3.05, 3.63) is 12.2 Å². The molecule has 11 heteroatoms. The Bertz CT molecular complexity index is 489. The fourth-order valence-electron chi connectivity index (χ4n) is 1.96. The average molecular weight is 483 g/mol. The summed E-state index contributed by atoms with van der Waals surface area (Å²) in [4.78, 5) is 12.0.